The zero-order valence-corrected chi connectivity index (χ0v) is 24.3. The highest BCUT2D eigenvalue weighted by atomic mass is 14.9. The zero-order valence-electron chi connectivity index (χ0n) is 24.3. The smallest absolute Gasteiger partial charge is 0.106 e. The Morgan fingerprint density at radius 2 is 1.35 bits per heavy atom. The number of unbranched alkanes of at least 4 members (excludes halogenated alkanes) is 2. The molecule has 5 heteroatoms. The third-order valence-corrected chi connectivity index (χ3v) is 7.84. The Hall–Kier alpha value is -3.54. The summed E-state index contributed by atoms with van der Waals surface area (Å²) in [5.41, 5.74) is 9.50. The van der Waals surface area contributed by atoms with Gasteiger partial charge in [0.25, 0.3) is 0 Å². The fourth-order valence-corrected chi connectivity index (χ4v) is 5.56. The van der Waals surface area contributed by atoms with Crippen molar-refractivity contribution >= 4 is 22.2 Å². The molecule has 4 aromatic rings. The Morgan fingerprint density at radius 3 is 2.08 bits per heavy atom. The van der Waals surface area contributed by atoms with Crippen LogP contribution in [0.3, 0.4) is 0 Å². The number of allylic oxidation sites excluding steroid dienone is 1. The van der Waals surface area contributed by atoms with Crippen LogP contribution in [-0.4, -0.2) is 42.9 Å². The lowest BCUT2D eigenvalue weighted by molar-refractivity contribution is 0.665. The van der Waals surface area contributed by atoms with Crippen molar-refractivity contribution in [1.29, 1.82) is 0 Å². The topological polar surface area (TPSA) is 65.1 Å². The predicted octanol–water partition coefficient (Wildman–Crippen LogP) is 7.71. The van der Waals surface area contributed by atoms with Crippen LogP contribution in [0.4, 0.5) is 0 Å². The van der Waals surface area contributed by atoms with E-state index in [1.54, 1.807) is 0 Å². The molecule has 3 aromatic carbocycles. The van der Waals surface area contributed by atoms with Crippen molar-refractivity contribution in [1.82, 2.24) is 20.6 Å². The van der Waals surface area contributed by atoms with E-state index in [9.17, 15) is 0 Å². The number of hydrogen-bond acceptors (Lipinski definition) is 4. The summed E-state index contributed by atoms with van der Waals surface area (Å²) in [5.74, 6) is 1.08. The molecule has 0 saturated carbocycles. The van der Waals surface area contributed by atoms with Crippen molar-refractivity contribution in [2.45, 2.75) is 58.3 Å². The number of nitrogens with zero attached hydrogens (tertiary/aromatic N) is 2. The Kier molecular flexibility index (Phi) is 9.58. The lowest BCUT2D eigenvalue weighted by Gasteiger charge is -2.14. The predicted molar refractivity (Wildman–Crippen MR) is 171 cm³/mol. The van der Waals surface area contributed by atoms with E-state index in [2.05, 4.69) is 89.3 Å². The summed E-state index contributed by atoms with van der Waals surface area (Å²) in [6, 6.07) is 22.3. The second kappa shape index (κ2) is 13.7. The third kappa shape index (κ3) is 6.96. The van der Waals surface area contributed by atoms with Crippen LogP contribution in [0.2, 0.25) is 0 Å². The second-order valence-electron chi connectivity index (χ2n) is 10.9. The van der Waals surface area contributed by atoms with Crippen LogP contribution in [0.25, 0.3) is 38.9 Å². The van der Waals surface area contributed by atoms with Gasteiger partial charge >= 0.3 is 0 Å². The Balaban J connectivity index is 1.28. The monoisotopic (exact) mass is 533 g/mol. The lowest BCUT2D eigenvalue weighted by Crippen LogP contribution is -2.09. The highest BCUT2D eigenvalue weighted by molar-refractivity contribution is 5.94. The number of hydrogen-bond donors (Lipinski definition) is 3. The van der Waals surface area contributed by atoms with Gasteiger partial charge in [0, 0.05) is 29.0 Å². The molecule has 3 N–H and O–H groups in total. The molecule has 0 spiro atoms. The van der Waals surface area contributed by atoms with E-state index in [1.165, 1.54) is 46.0 Å². The molecule has 40 heavy (non-hydrogen) atoms. The van der Waals surface area contributed by atoms with Crippen LogP contribution in [0, 0.1) is 6.92 Å². The number of fused-ring (bicyclic) bond motifs is 1. The molecular formula is C35H43N5. The van der Waals surface area contributed by atoms with Crippen LogP contribution in [-0.2, 0) is 6.42 Å². The first-order chi connectivity index (χ1) is 19.6. The standard InChI is InChI=1S/C35H43N5/c1-25-35(40-34(38-25)12-5-7-22-37-3)27-15-13-26(14-16-27)28-17-18-30-24-31(20-19-29(30)23-28)33-11-8-10-32(39-33)9-4-6-21-36-2/h11,13-20,23-24,36-37H,4-10,12,21-22H2,1-3H3,(H,38,40). The molecule has 0 fully saturated rings. The molecule has 5 rings (SSSR count). The van der Waals surface area contributed by atoms with Gasteiger partial charge in [-0.1, -0.05) is 54.6 Å². The summed E-state index contributed by atoms with van der Waals surface area (Å²) < 4.78 is 0. The van der Waals surface area contributed by atoms with E-state index in [0.717, 1.165) is 80.1 Å². The van der Waals surface area contributed by atoms with Crippen LogP contribution in [0.15, 0.2) is 71.7 Å². The molecule has 0 bridgehead atoms. The minimum atomic E-state index is 0.987. The first-order valence-electron chi connectivity index (χ1n) is 14.9. The fourth-order valence-electron chi connectivity index (χ4n) is 5.56. The summed E-state index contributed by atoms with van der Waals surface area (Å²) in [4.78, 5) is 13.4. The molecule has 0 unspecified atom stereocenters. The second-order valence-corrected chi connectivity index (χ2v) is 10.9. The first kappa shape index (κ1) is 28.0. The van der Waals surface area contributed by atoms with E-state index in [-0.39, 0.29) is 0 Å². The Bertz CT molecular complexity index is 1480. The normalized spacial score (nSPS) is 13.5. The number of imidazole rings is 1. The van der Waals surface area contributed by atoms with Crippen molar-refractivity contribution in [2.75, 3.05) is 27.2 Å². The minimum absolute atomic E-state index is 0.987. The van der Waals surface area contributed by atoms with Gasteiger partial charge in [-0.2, -0.15) is 0 Å². The van der Waals surface area contributed by atoms with E-state index in [0.29, 0.717) is 0 Å². The van der Waals surface area contributed by atoms with Gasteiger partial charge in [-0.3, -0.25) is 4.99 Å². The average molecular weight is 534 g/mol. The number of aliphatic imine (C=N–C) groups is 1. The summed E-state index contributed by atoms with van der Waals surface area (Å²) in [6.07, 6.45) is 11.3. The van der Waals surface area contributed by atoms with Gasteiger partial charge in [0.2, 0.25) is 0 Å². The highest BCUT2D eigenvalue weighted by Crippen LogP contribution is 2.31. The number of aromatic amines is 1. The van der Waals surface area contributed by atoms with Crippen LogP contribution < -0.4 is 10.6 Å². The summed E-state index contributed by atoms with van der Waals surface area (Å²) in [6.45, 7) is 4.25. The molecule has 0 amide bonds. The van der Waals surface area contributed by atoms with Gasteiger partial charge in [-0.05, 0) is 113 Å². The SMILES string of the molecule is CNCCCCC1=NC(c2ccc3cc(-c4ccc(-c5nc(CCCCNC)[nH]c5C)cc4)ccc3c2)=CCC1. The number of benzene rings is 3. The van der Waals surface area contributed by atoms with Crippen LogP contribution >= 0.6 is 0 Å². The molecular weight excluding hydrogens is 490 g/mol. The quantitative estimate of drug-likeness (QED) is 0.154. The molecule has 2 heterocycles. The van der Waals surface area contributed by atoms with Gasteiger partial charge in [0.05, 0.1) is 11.4 Å². The summed E-state index contributed by atoms with van der Waals surface area (Å²) in [7, 11) is 4.02. The number of aromatic nitrogens is 2. The van der Waals surface area contributed by atoms with E-state index < -0.39 is 0 Å². The van der Waals surface area contributed by atoms with Crippen molar-refractivity contribution in [2.24, 2.45) is 4.99 Å². The molecule has 0 radical (unpaired) electrons. The van der Waals surface area contributed by atoms with E-state index in [1.807, 2.05) is 14.1 Å². The largest absolute Gasteiger partial charge is 0.346 e. The van der Waals surface area contributed by atoms with E-state index in [4.69, 9.17) is 9.98 Å². The number of nitrogens with one attached hydrogen (secondary N) is 3. The molecule has 1 aliphatic rings. The number of aryl methyl sites for hydroxylation is 2. The highest BCUT2D eigenvalue weighted by Gasteiger charge is 2.12. The van der Waals surface area contributed by atoms with Crippen LogP contribution in [0.5, 0.6) is 0 Å². The maximum absolute atomic E-state index is 5.03. The summed E-state index contributed by atoms with van der Waals surface area (Å²) in [5, 5.41) is 8.96. The van der Waals surface area contributed by atoms with Crippen LogP contribution in [0.1, 0.15) is 62.0 Å². The van der Waals surface area contributed by atoms with Gasteiger partial charge in [-0.15, -0.1) is 0 Å². The molecule has 0 atom stereocenters. The molecule has 0 aliphatic carbocycles. The van der Waals surface area contributed by atoms with Gasteiger partial charge < -0.3 is 15.6 Å². The van der Waals surface area contributed by atoms with Gasteiger partial charge in [-0.25, -0.2) is 4.98 Å². The lowest BCUT2D eigenvalue weighted by atomic mass is 9.97. The number of rotatable bonds is 13. The first-order valence-corrected chi connectivity index (χ1v) is 14.9. The maximum atomic E-state index is 5.03. The maximum Gasteiger partial charge on any atom is 0.106 e. The summed E-state index contributed by atoms with van der Waals surface area (Å²) >= 11 is 0. The Morgan fingerprint density at radius 1 is 0.725 bits per heavy atom. The van der Waals surface area contributed by atoms with Gasteiger partial charge in [0.15, 0.2) is 0 Å². The minimum Gasteiger partial charge on any atom is -0.346 e. The van der Waals surface area contributed by atoms with Gasteiger partial charge in [0.1, 0.15) is 5.82 Å². The van der Waals surface area contributed by atoms with E-state index >= 15 is 0 Å². The number of H-pyrrole nitrogens is 1. The molecule has 0 saturated heterocycles. The molecule has 1 aromatic heterocycles. The van der Waals surface area contributed by atoms with Crippen molar-refractivity contribution in [3.05, 3.63) is 83.8 Å². The Labute approximate surface area is 239 Å². The third-order valence-electron chi connectivity index (χ3n) is 7.84. The fraction of sp³-hybridized carbons (Fsp3) is 0.371. The zero-order chi connectivity index (χ0) is 27.7. The average Bonchev–Trinajstić information content (AvgIpc) is 3.37. The van der Waals surface area contributed by atoms with Crippen molar-refractivity contribution in [3.8, 4) is 22.4 Å². The van der Waals surface area contributed by atoms with Crippen molar-refractivity contribution < 1.29 is 0 Å². The molecule has 5 nitrogen and oxygen atoms in total. The molecule has 208 valence electrons. The van der Waals surface area contributed by atoms with Crippen molar-refractivity contribution in [3.63, 3.8) is 0 Å². The molecule has 1 aliphatic heterocycles.